The molecule has 1 aromatic carbocycles. The average molecular weight is 460 g/mol. The molecule has 0 saturated heterocycles. The van der Waals surface area contributed by atoms with E-state index in [1.807, 2.05) is 0 Å². The summed E-state index contributed by atoms with van der Waals surface area (Å²) in [6.45, 7) is 0. The number of nitrogens with two attached hydrogens (primary N) is 1. The first-order valence-electron chi connectivity index (χ1n) is 7.15. The van der Waals surface area contributed by atoms with Crippen LogP contribution >= 0.6 is 44.3 Å². The minimum atomic E-state index is -0.595. The highest BCUT2D eigenvalue weighted by atomic mass is 79.9. The Labute approximate surface area is 154 Å². The van der Waals surface area contributed by atoms with Crippen molar-refractivity contribution in [2.24, 2.45) is 11.7 Å². The van der Waals surface area contributed by atoms with Gasteiger partial charge in [-0.2, -0.15) is 0 Å². The molecule has 0 amide bonds. The van der Waals surface area contributed by atoms with Gasteiger partial charge in [0.05, 0.1) is 23.7 Å². The smallest absolute Gasteiger partial charge is 0.173 e. The second-order valence-electron chi connectivity index (χ2n) is 5.56. The van der Waals surface area contributed by atoms with Crippen LogP contribution in [0.15, 0.2) is 15.0 Å². The van der Waals surface area contributed by atoms with E-state index in [9.17, 15) is 10.2 Å². The fourth-order valence-electron chi connectivity index (χ4n) is 2.96. The lowest BCUT2D eigenvalue weighted by Gasteiger charge is -2.31. The quantitative estimate of drug-likeness (QED) is 0.628. The topological polar surface area (TPSA) is 75.7 Å². The van der Waals surface area contributed by atoms with Crippen molar-refractivity contribution in [1.82, 2.24) is 0 Å². The molecule has 1 fully saturated rings. The monoisotopic (exact) mass is 457 g/mol. The number of benzene rings is 1. The van der Waals surface area contributed by atoms with Crippen LogP contribution in [-0.2, 0) is 0 Å². The maximum absolute atomic E-state index is 10.6. The molecule has 126 valence electrons. The number of methoxy groups -OCH3 is 1. The van der Waals surface area contributed by atoms with E-state index in [-0.39, 0.29) is 24.1 Å². The molecule has 2 atom stereocenters. The summed E-state index contributed by atoms with van der Waals surface area (Å²) in [4.78, 5) is 0. The molecular weight excluding hydrogens is 437 g/mol. The Bertz CT molecular complexity index is 510. The number of halogens is 3. The molecule has 0 spiro atoms. The maximum atomic E-state index is 10.6. The van der Waals surface area contributed by atoms with Crippen molar-refractivity contribution in [3.05, 3.63) is 20.6 Å². The molecule has 1 saturated carbocycles. The van der Waals surface area contributed by atoms with Crippen molar-refractivity contribution in [2.45, 2.75) is 44.2 Å². The number of aromatic hydroxyl groups is 1. The Morgan fingerprint density at radius 1 is 1.23 bits per heavy atom. The third kappa shape index (κ3) is 4.09. The minimum absolute atomic E-state index is 0. The van der Waals surface area contributed by atoms with E-state index >= 15 is 0 Å². The highest BCUT2D eigenvalue weighted by Crippen LogP contribution is 2.44. The second kappa shape index (κ2) is 8.73. The molecule has 0 unspecified atom stereocenters. The lowest BCUT2D eigenvalue weighted by molar-refractivity contribution is 0.0615. The number of rotatable bonds is 4. The van der Waals surface area contributed by atoms with Crippen LogP contribution in [0.2, 0.25) is 0 Å². The molecule has 4 N–H and O–H groups in total. The summed E-state index contributed by atoms with van der Waals surface area (Å²) in [5.41, 5.74) is 7.01. The summed E-state index contributed by atoms with van der Waals surface area (Å²) in [7, 11) is 1.49. The molecule has 7 heteroatoms. The number of ether oxygens (including phenoxy) is 1. The average Bonchev–Trinajstić information content (AvgIpc) is 2.52. The molecule has 1 aromatic rings. The van der Waals surface area contributed by atoms with Crippen LogP contribution in [0.4, 0.5) is 0 Å². The van der Waals surface area contributed by atoms with Crippen LogP contribution in [-0.4, -0.2) is 23.4 Å². The zero-order valence-electron chi connectivity index (χ0n) is 12.4. The molecular formula is C15H22Br2ClNO3. The van der Waals surface area contributed by atoms with Gasteiger partial charge in [0, 0.05) is 4.47 Å². The minimum Gasteiger partial charge on any atom is -0.503 e. The Kier molecular flexibility index (Phi) is 7.95. The predicted molar refractivity (Wildman–Crippen MR) is 96.8 cm³/mol. The molecule has 1 aliphatic carbocycles. The predicted octanol–water partition coefficient (Wildman–Crippen LogP) is 4.29. The SMILES string of the molecule is COc1cc([C@H](N)[C@H](O)C2CCCCC2)c(Br)c(Br)c1O.Cl. The second-order valence-corrected chi connectivity index (χ2v) is 7.15. The Balaban J connectivity index is 0.00000242. The van der Waals surface area contributed by atoms with E-state index in [1.165, 1.54) is 13.5 Å². The van der Waals surface area contributed by atoms with Crippen LogP contribution in [0.3, 0.4) is 0 Å². The van der Waals surface area contributed by atoms with Gasteiger partial charge in [0.25, 0.3) is 0 Å². The first kappa shape index (κ1) is 20.0. The van der Waals surface area contributed by atoms with Gasteiger partial charge < -0.3 is 20.7 Å². The molecule has 1 aliphatic rings. The zero-order chi connectivity index (χ0) is 15.6. The number of phenols is 1. The molecule has 0 aliphatic heterocycles. The fourth-order valence-corrected chi connectivity index (χ4v) is 3.95. The highest BCUT2D eigenvalue weighted by Gasteiger charge is 2.30. The molecule has 2 rings (SSSR count). The first-order chi connectivity index (χ1) is 9.97. The van der Waals surface area contributed by atoms with E-state index in [4.69, 9.17) is 10.5 Å². The van der Waals surface area contributed by atoms with Crippen LogP contribution in [0.1, 0.15) is 43.7 Å². The summed E-state index contributed by atoms with van der Waals surface area (Å²) < 4.78 is 6.30. The summed E-state index contributed by atoms with van der Waals surface area (Å²) in [5, 5.41) is 20.5. The van der Waals surface area contributed by atoms with E-state index < -0.39 is 12.1 Å². The van der Waals surface area contributed by atoms with Crippen LogP contribution in [0.5, 0.6) is 11.5 Å². The fraction of sp³-hybridized carbons (Fsp3) is 0.600. The van der Waals surface area contributed by atoms with Crippen molar-refractivity contribution in [1.29, 1.82) is 0 Å². The third-order valence-electron chi connectivity index (χ3n) is 4.25. The van der Waals surface area contributed by atoms with E-state index in [0.717, 1.165) is 31.2 Å². The molecule has 0 aromatic heterocycles. The summed E-state index contributed by atoms with van der Waals surface area (Å²) in [5.74, 6) is 0.595. The molecule has 0 heterocycles. The zero-order valence-corrected chi connectivity index (χ0v) is 16.4. The van der Waals surface area contributed by atoms with Crippen molar-refractivity contribution < 1.29 is 14.9 Å². The highest BCUT2D eigenvalue weighted by molar-refractivity contribution is 9.13. The number of hydrogen-bond acceptors (Lipinski definition) is 4. The summed E-state index contributed by atoms with van der Waals surface area (Å²) >= 11 is 6.75. The Hall–Kier alpha value is -0.0100. The van der Waals surface area contributed by atoms with Gasteiger partial charge in [0.1, 0.15) is 0 Å². The number of phenolic OH excluding ortho intramolecular Hbond substituents is 1. The van der Waals surface area contributed by atoms with Crippen molar-refractivity contribution >= 4 is 44.3 Å². The van der Waals surface area contributed by atoms with Crippen LogP contribution in [0.25, 0.3) is 0 Å². The van der Waals surface area contributed by atoms with Gasteiger partial charge in [-0.15, -0.1) is 12.4 Å². The lowest BCUT2D eigenvalue weighted by Crippen LogP contribution is -2.34. The van der Waals surface area contributed by atoms with Gasteiger partial charge in [-0.1, -0.05) is 19.3 Å². The van der Waals surface area contributed by atoms with E-state index in [0.29, 0.717) is 14.7 Å². The van der Waals surface area contributed by atoms with Crippen molar-refractivity contribution in [3.63, 3.8) is 0 Å². The summed E-state index contributed by atoms with van der Waals surface area (Å²) in [6.07, 6.45) is 4.98. The molecule has 0 bridgehead atoms. The molecule has 4 nitrogen and oxygen atoms in total. The van der Waals surface area contributed by atoms with Crippen LogP contribution in [0, 0.1) is 5.92 Å². The Morgan fingerprint density at radius 3 is 2.36 bits per heavy atom. The van der Waals surface area contributed by atoms with Gasteiger partial charge in [-0.3, -0.25) is 0 Å². The number of hydrogen-bond donors (Lipinski definition) is 3. The largest absolute Gasteiger partial charge is 0.503 e. The van der Waals surface area contributed by atoms with Gasteiger partial charge in [0.2, 0.25) is 0 Å². The molecule has 0 radical (unpaired) electrons. The number of aliphatic hydroxyl groups is 1. The van der Waals surface area contributed by atoms with Gasteiger partial charge >= 0.3 is 0 Å². The van der Waals surface area contributed by atoms with E-state index in [2.05, 4.69) is 31.9 Å². The maximum Gasteiger partial charge on any atom is 0.173 e. The Morgan fingerprint density at radius 2 is 1.82 bits per heavy atom. The van der Waals surface area contributed by atoms with Gasteiger partial charge in [0.15, 0.2) is 11.5 Å². The van der Waals surface area contributed by atoms with E-state index in [1.54, 1.807) is 6.07 Å². The molecule has 22 heavy (non-hydrogen) atoms. The van der Waals surface area contributed by atoms with Crippen molar-refractivity contribution in [2.75, 3.05) is 7.11 Å². The lowest BCUT2D eigenvalue weighted by atomic mass is 9.81. The first-order valence-corrected chi connectivity index (χ1v) is 8.74. The summed E-state index contributed by atoms with van der Waals surface area (Å²) in [6, 6.07) is 1.16. The van der Waals surface area contributed by atoms with Crippen LogP contribution < -0.4 is 10.5 Å². The van der Waals surface area contributed by atoms with Crippen molar-refractivity contribution in [3.8, 4) is 11.5 Å². The normalized spacial score (nSPS) is 18.4. The number of aliphatic hydroxyl groups excluding tert-OH is 1. The van der Waals surface area contributed by atoms with Gasteiger partial charge in [-0.25, -0.2) is 0 Å². The standard InChI is InChI=1S/C15H21Br2NO3.ClH/c1-21-10-7-9(11(16)12(17)15(10)20)13(18)14(19)8-5-3-2-4-6-8;/h7-8,13-14,19-20H,2-6,18H2,1H3;1H/t13-,14+;/m0./s1. The van der Waals surface area contributed by atoms with Gasteiger partial charge in [-0.05, 0) is 62.2 Å². The third-order valence-corrected chi connectivity index (χ3v) is 6.41.